The quantitative estimate of drug-likeness (QED) is 0.630. The number of carbonyl (C=O) groups is 2. The third-order valence-electron chi connectivity index (χ3n) is 6.80. The summed E-state index contributed by atoms with van der Waals surface area (Å²) in [7, 11) is -1.22. The van der Waals surface area contributed by atoms with Crippen LogP contribution in [0, 0.1) is 0 Å². The molecule has 3 heterocycles. The number of likely N-dealkylation sites (N-methyl/N-ethyl adjacent to an activating group) is 1. The summed E-state index contributed by atoms with van der Waals surface area (Å²) >= 11 is 0. The van der Waals surface area contributed by atoms with E-state index in [2.05, 4.69) is 10.00 Å². The van der Waals surface area contributed by atoms with Gasteiger partial charge in [-0.1, -0.05) is 18.2 Å². The maximum atomic E-state index is 13.6. The van der Waals surface area contributed by atoms with Crippen LogP contribution in [-0.2, 0) is 21.4 Å². The van der Waals surface area contributed by atoms with Crippen LogP contribution in [0.1, 0.15) is 41.7 Å². The summed E-state index contributed by atoms with van der Waals surface area (Å²) in [4.78, 5) is 31.8. The fourth-order valence-electron chi connectivity index (χ4n) is 4.77. The van der Waals surface area contributed by atoms with Gasteiger partial charge in [0.25, 0.3) is 5.91 Å². The molecule has 0 radical (unpaired) electrons. The lowest BCUT2D eigenvalue weighted by Crippen LogP contribution is -2.37. The van der Waals surface area contributed by atoms with Crippen LogP contribution in [0.3, 0.4) is 0 Å². The first kappa shape index (κ1) is 25.3. The van der Waals surface area contributed by atoms with Gasteiger partial charge in [0.1, 0.15) is 0 Å². The molecule has 35 heavy (non-hydrogen) atoms. The summed E-state index contributed by atoms with van der Waals surface area (Å²) in [5, 5.41) is 4.40. The number of amides is 2. The zero-order valence-corrected chi connectivity index (χ0v) is 21.4. The third-order valence-corrected chi connectivity index (χ3v) is 8.07. The van der Waals surface area contributed by atoms with Gasteiger partial charge in [0.15, 0.2) is 0 Å². The second kappa shape index (κ2) is 10.5. The van der Waals surface area contributed by atoms with E-state index in [1.165, 1.54) is 10.6 Å². The van der Waals surface area contributed by atoms with Crippen LogP contribution in [0.25, 0.3) is 0 Å². The molecule has 1 unspecified atom stereocenters. The number of anilines is 1. The van der Waals surface area contributed by atoms with E-state index in [0.29, 0.717) is 51.3 Å². The molecule has 0 N–H and O–H groups in total. The number of hydrogen-bond acceptors (Lipinski definition) is 6. The molecule has 2 aliphatic heterocycles. The summed E-state index contributed by atoms with van der Waals surface area (Å²) in [6.07, 6.45) is 6.00. The van der Waals surface area contributed by atoms with Crippen LogP contribution in [0.5, 0.6) is 0 Å². The van der Waals surface area contributed by atoms with Gasteiger partial charge in [0.05, 0.1) is 24.1 Å². The number of para-hydroxylation sites is 1. The molecular weight excluding hydrogens is 468 g/mol. The molecule has 11 heteroatoms. The van der Waals surface area contributed by atoms with Crippen LogP contribution in [0.4, 0.5) is 5.69 Å². The SMILES string of the molecule is CC(=O)N1CCCN(C)CCN(C(=O)c2cnn(C3CCN(S(C)(=O)=O)C3)c2)Cc2ccccc21. The van der Waals surface area contributed by atoms with Crippen molar-refractivity contribution in [3.63, 3.8) is 0 Å². The van der Waals surface area contributed by atoms with E-state index >= 15 is 0 Å². The van der Waals surface area contributed by atoms with Gasteiger partial charge in [-0.2, -0.15) is 9.40 Å². The largest absolute Gasteiger partial charge is 0.333 e. The van der Waals surface area contributed by atoms with Crippen LogP contribution < -0.4 is 4.90 Å². The van der Waals surface area contributed by atoms with Gasteiger partial charge in [-0.3, -0.25) is 14.3 Å². The van der Waals surface area contributed by atoms with Crippen molar-refractivity contribution in [2.75, 3.05) is 57.5 Å². The zero-order chi connectivity index (χ0) is 25.2. The van der Waals surface area contributed by atoms with Crippen LogP contribution >= 0.6 is 0 Å². The number of nitrogens with zero attached hydrogens (tertiary/aromatic N) is 6. The summed E-state index contributed by atoms with van der Waals surface area (Å²) in [5.41, 5.74) is 2.23. The number of benzene rings is 1. The Morgan fingerprint density at radius 3 is 2.54 bits per heavy atom. The Labute approximate surface area is 207 Å². The molecule has 1 saturated heterocycles. The first-order valence-corrected chi connectivity index (χ1v) is 13.8. The van der Waals surface area contributed by atoms with Crippen LogP contribution in [0.15, 0.2) is 36.7 Å². The molecule has 10 nitrogen and oxygen atoms in total. The molecule has 0 aliphatic carbocycles. The minimum absolute atomic E-state index is 0.0156. The van der Waals surface area contributed by atoms with Gasteiger partial charge in [0, 0.05) is 58.1 Å². The van der Waals surface area contributed by atoms with Crippen molar-refractivity contribution in [3.8, 4) is 0 Å². The highest BCUT2D eigenvalue weighted by Gasteiger charge is 2.31. The number of hydrogen-bond donors (Lipinski definition) is 0. The van der Waals surface area contributed by atoms with E-state index in [4.69, 9.17) is 0 Å². The van der Waals surface area contributed by atoms with Gasteiger partial charge < -0.3 is 14.7 Å². The average Bonchev–Trinajstić information content (AvgIpc) is 3.48. The molecule has 1 atom stereocenters. The van der Waals surface area contributed by atoms with E-state index in [1.54, 1.807) is 33.8 Å². The van der Waals surface area contributed by atoms with Crippen LogP contribution in [-0.4, -0.2) is 96.7 Å². The minimum Gasteiger partial charge on any atom is -0.333 e. The molecule has 0 bridgehead atoms. The zero-order valence-electron chi connectivity index (χ0n) is 20.6. The van der Waals surface area contributed by atoms with Gasteiger partial charge in [0.2, 0.25) is 15.9 Å². The second-order valence-corrected chi connectivity index (χ2v) is 11.4. The van der Waals surface area contributed by atoms with Gasteiger partial charge in [-0.15, -0.1) is 0 Å². The Morgan fingerprint density at radius 1 is 1.06 bits per heavy atom. The Kier molecular flexibility index (Phi) is 7.58. The number of fused-ring (bicyclic) bond motifs is 1. The predicted octanol–water partition coefficient (Wildman–Crippen LogP) is 1.42. The molecule has 1 aromatic carbocycles. The number of rotatable bonds is 3. The number of aromatic nitrogens is 2. The lowest BCUT2D eigenvalue weighted by atomic mass is 10.1. The highest BCUT2D eigenvalue weighted by molar-refractivity contribution is 7.88. The molecule has 2 aromatic rings. The van der Waals surface area contributed by atoms with E-state index in [9.17, 15) is 18.0 Å². The van der Waals surface area contributed by atoms with E-state index < -0.39 is 10.0 Å². The summed E-state index contributed by atoms with van der Waals surface area (Å²) in [6, 6.07) is 7.65. The van der Waals surface area contributed by atoms with Crippen molar-refractivity contribution in [3.05, 3.63) is 47.8 Å². The smallest absolute Gasteiger partial charge is 0.257 e. The molecule has 1 fully saturated rings. The Morgan fingerprint density at radius 2 is 1.83 bits per heavy atom. The minimum atomic E-state index is -3.25. The lowest BCUT2D eigenvalue weighted by molar-refractivity contribution is -0.116. The van der Waals surface area contributed by atoms with Crippen molar-refractivity contribution >= 4 is 27.5 Å². The second-order valence-electron chi connectivity index (χ2n) is 9.46. The van der Waals surface area contributed by atoms with Gasteiger partial charge in [-0.25, -0.2) is 8.42 Å². The van der Waals surface area contributed by atoms with E-state index in [0.717, 1.165) is 24.2 Å². The molecule has 1 aromatic heterocycles. The lowest BCUT2D eigenvalue weighted by Gasteiger charge is -2.27. The predicted molar refractivity (Wildman–Crippen MR) is 134 cm³/mol. The molecule has 190 valence electrons. The Balaban J connectivity index is 1.58. The standard InChI is InChI=1S/C24H34N6O4S/c1-19(31)29-11-6-10-26(2)13-14-27(16-20-7-4-5-8-23(20)29)24(32)21-15-25-30(17-21)22-9-12-28(18-22)35(3,33)34/h4-5,7-8,15,17,22H,6,9-14,16,18H2,1-3H3. The highest BCUT2D eigenvalue weighted by atomic mass is 32.2. The summed E-state index contributed by atoms with van der Waals surface area (Å²) in [6.45, 7) is 5.47. The van der Waals surface area contributed by atoms with Crippen molar-refractivity contribution in [2.45, 2.75) is 32.4 Å². The highest BCUT2D eigenvalue weighted by Crippen LogP contribution is 2.26. The molecule has 4 rings (SSSR count). The first-order chi connectivity index (χ1) is 16.6. The first-order valence-electron chi connectivity index (χ1n) is 12.0. The van der Waals surface area contributed by atoms with Gasteiger partial charge in [-0.05, 0) is 38.1 Å². The van der Waals surface area contributed by atoms with Crippen LogP contribution in [0.2, 0.25) is 0 Å². The Hall–Kier alpha value is -2.76. The normalized spacial score (nSPS) is 20.9. The third kappa shape index (κ3) is 5.91. The van der Waals surface area contributed by atoms with Crippen molar-refractivity contribution in [2.24, 2.45) is 0 Å². The Bertz CT molecular complexity index is 1180. The van der Waals surface area contributed by atoms with Gasteiger partial charge >= 0.3 is 0 Å². The van der Waals surface area contributed by atoms with E-state index in [-0.39, 0.29) is 17.9 Å². The number of sulfonamides is 1. The fraction of sp³-hybridized carbons (Fsp3) is 0.542. The van der Waals surface area contributed by atoms with Crippen molar-refractivity contribution < 1.29 is 18.0 Å². The molecule has 0 spiro atoms. The fourth-order valence-corrected chi connectivity index (χ4v) is 5.65. The monoisotopic (exact) mass is 502 g/mol. The number of carbonyl (C=O) groups excluding carboxylic acids is 2. The molecule has 2 amide bonds. The molecule has 2 aliphatic rings. The topological polar surface area (TPSA) is 99.1 Å². The molecular formula is C24H34N6O4S. The van der Waals surface area contributed by atoms with Crippen molar-refractivity contribution in [1.82, 2.24) is 23.9 Å². The van der Waals surface area contributed by atoms with E-state index in [1.807, 2.05) is 31.3 Å². The average molecular weight is 503 g/mol. The van der Waals surface area contributed by atoms with Crippen molar-refractivity contribution in [1.29, 1.82) is 0 Å². The molecule has 0 saturated carbocycles. The summed E-state index contributed by atoms with van der Waals surface area (Å²) in [5.74, 6) is -0.149. The maximum absolute atomic E-state index is 13.6. The maximum Gasteiger partial charge on any atom is 0.257 e. The summed E-state index contributed by atoms with van der Waals surface area (Å²) < 4.78 is 26.9.